The minimum Gasteiger partial charge on any atom is -0.336 e. The van der Waals surface area contributed by atoms with E-state index in [2.05, 4.69) is 36.7 Å². The topological polar surface area (TPSA) is 118 Å². The van der Waals surface area contributed by atoms with Crippen molar-refractivity contribution >= 4 is 45.1 Å². The molecule has 2 aliphatic heterocycles. The van der Waals surface area contributed by atoms with Gasteiger partial charge in [0.2, 0.25) is 5.91 Å². The van der Waals surface area contributed by atoms with Crippen LogP contribution in [-0.4, -0.2) is 66.5 Å². The van der Waals surface area contributed by atoms with Crippen LogP contribution in [0.5, 0.6) is 0 Å². The smallest absolute Gasteiger partial charge is 0.276 e. The number of hydrazone groups is 1. The molecule has 34 heavy (non-hydrogen) atoms. The molecule has 1 saturated heterocycles. The fourth-order valence-corrected chi connectivity index (χ4v) is 4.42. The zero-order valence-electron chi connectivity index (χ0n) is 18.2. The quantitative estimate of drug-likeness (QED) is 0.589. The highest BCUT2D eigenvalue weighted by molar-refractivity contribution is 9.10. The molecule has 2 aromatic carbocycles. The Hall–Kier alpha value is -3.62. The van der Waals surface area contributed by atoms with Gasteiger partial charge in [-0.05, 0) is 52.8 Å². The monoisotopic (exact) mass is 526 g/mol. The van der Waals surface area contributed by atoms with Gasteiger partial charge >= 0.3 is 0 Å². The molecule has 2 aliphatic rings. The van der Waals surface area contributed by atoms with Crippen LogP contribution in [0.3, 0.4) is 0 Å². The summed E-state index contributed by atoms with van der Waals surface area (Å²) in [5, 5.41) is 15.6. The van der Waals surface area contributed by atoms with Crippen molar-refractivity contribution in [1.82, 2.24) is 15.2 Å². The first-order chi connectivity index (χ1) is 16.3. The van der Waals surface area contributed by atoms with E-state index >= 15 is 0 Å². The summed E-state index contributed by atoms with van der Waals surface area (Å²) in [7, 11) is 2.01. The number of likely N-dealkylation sites (N-methyl/N-ethyl adjacent to an activating group) is 1. The van der Waals surface area contributed by atoms with Crippen LogP contribution < -0.4 is 10.7 Å². The Kier molecular flexibility index (Phi) is 6.72. The summed E-state index contributed by atoms with van der Waals surface area (Å²) in [6, 6.07) is 8.76. The van der Waals surface area contributed by atoms with Crippen LogP contribution in [0.25, 0.3) is 0 Å². The number of anilines is 1. The van der Waals surface area contributed by atoms with Gasteiger partial charge in [0, 0.05) is 41.8 Å². The lowest BCUT2D eigenvalue weighted by Gasteiger charge is -2.32. The van der Waals surface area contributed by atoms with Crippen molar-refractivity contribution in [3.8, 4) is 6.07 Å². The predicted molar refractivity (Wildman–Crippen MR) is 126 cm³/mol. The molecule has 0 radical (unpaired) electrons. The second-order valence-electron chi connectivity index (χ2n) is 8.03. The molecule has 4 rings (SSSR count). The number of halogens is 2. The minimum atomic E-state index is -0.665. The van der Waals surface area contributed by atoms with Gasteiger partial charge in [-0.15, -0.1) is 0 Å². The lowest BCUT2D eigenvalue weighted by Crippen LogP contribution is -2.47. The maximum absolute atomic E-state index is 13.5. The Morgan fingerprint density at radius 3 is 2.68 bits per heavy atom. The fourth-order valence-electron chi connectivity index (χ4n) is 3.77. The maximum atomic E-state index is 13.5. The van der Waals surface area contributed by atoms with Crippen LogP contribution in [0.4, 0.5) is 10.1 Å². The molecule has 0 unspecified atom stereocenters. The van der Waals surface area contributed by atoms with E-state index in [4.69, 9.17) is 5.26 Å². The van der Waals surface area contributed by atoms with Crippen molar-refractivity contribution < 1.29 is 18.8 Å². The lowest BCUT2D eigenvalue weighted by atomic mass is 10.1. The van der Waals surface area contributed by atoms with Crippen LogP contribution in [0.15, 0.2) is 39.9 Å². The lowest BCUT2D eigenvalue weighted by molar-refractivity contribution is -0.120. The second-order valence-corrected chi connectivity index (χ2v) is 8.88. The van der Waals surface area contributed by atoms with Gasteiger partial charge < -0.3 is 15.1 Å². The molecule has 2 N–H and O–H groups in total. The highest BCUT2D eigenvalue weighted by Crippen LogP contribution is 2.32. The van der Waals surface area contributed by atoms with Gasteiger partial charge in [-0.3, -0.25) is 14.4 Å². The van der Waals surface area contributed by atoms with Crippen molar-refractivity contribution in [3.05, 3.63) is 62.9 Å². The van der Waals surface area contributed by atoms with Crippen molar-refractivity contribution in [2.75, 3.05) is 38.5 Å². The average Bonchev–Trinajstić information content (AvgIpc) is 3.14. The van der Waals surface area contributed by atoms with E-state index in [0.29, 0.717) is 39.9 Å². The largest absolute Gasteiger partial charge is 0.336 e. The maximum Gasteiger partial charge on any atom is 0.276 e. The average molecular weight is 527 g/mol. The van der Waals surface area contributed by atoms with Crippen LogP contribution in [0.2, 0.25) is 0 Å². The highest BCUT2D eigenvalue weighted by Gasteiger charge is 2.31. The van der Waals surface area contributed by atoms with Gasteiger partial charge in [-0.25, -0.2) is 9.82 Å². The highest BCUT2D eigenvalue weighted by atomic mass is 79.9. The number of rotatable bonds is 4. The molecule has 0 atom stereocenters. The Bertz CT molecular complexity index is 1260. The molecule has 2 aromatic rings. The van der Waals surface area contributed by atoms with Crippen molar-refractivity contribution in [2.45, 2.75) is 6.42 Å². The molecule has 1 fully saturated rings. The third-order valence-electron chi connectivity index (χ3n) is 5.64. The summed E-state index contributed by atoms with van der Waals surface area (Å²) in [5.74, 6) is -1.85. The van der Waals surface area contributed by atoms with Crippen molar-refractivity contribution in [3.63, 3.8) is 0 Å². The second kappa shape index (κ2) is 9.70. The number of amides is 3. The molecule has 11 heteroatoms. The van der Waals surface area contributed by atoms with Crippen molar-refractivity contribution in [2.24, 2.45) is 5.10 Å². The molecular formula is C23H20BrFN6O3. The zero-order chi connectivity index (χ0) is 24.4. The summed E-state index contributed by atoms with van der Waals surface area (Å²) >= 11 is 3.42. The molecule has 2 heterocycles. The van der Waals surface area contributed by atoms with Crippen molar-refractivity contribution in [1.29, 1.82) is 5.26 Å². The molecule has 0 aromatic heterocycles. The molecule has 0 bridgehead atoms. The summed E-state index contributed by atoms with van der Waals surface area (Å²) in [6.45, 7) is 2.83. The fraction of sp³-hybridized carbons (Fsp3) is 0.261. The number of carbonyl (C=O) groups excluding carboxylic acids is 3. The Labute approximate surface area is 203 Å². The standard InChI is InChI=1S/C23H20BrFN6O3/c1-30-4-6-31(7-5-30)23(34)14-10-16(24)20-18(11-14)27-22(33)21(20)29-28-19(32)9-13-2-3-17(25)15(8-13)12-26/h2-3,8,10-11H,4-7,9H2,1H3,(H,28,32)(H,27,29,33). The Morgan fingerprint density at radius 2 is 1.97 bits per heavy atom. The van der Waals surface area contributed by atoms with Crippen LogP contribution >= 0.6 is 15.9 Å². The van der Waals surface area contributed by atoms with E-state index in [1.807, 2.05) is 7.05 Å². The summed E-state index contributed by atoms with van der Waals surface area (Å²) < 4.78 is 14.0. The van der Waals surface area contributed by atoms with E-state index in [1.54, 1.807) is 23.1 Å². The number of carbonyl (C=O) groups is 3. The van der Waals surface area contributed by atoms with E-state index in [-0.39, 0.29) is 23.6 Å². The van der Waals surface area contributed by atoms with Gasteiger partial charge in [-0.1, -0.05) is 6.07 Å². The predicted octanol–water partition coefficient (Wildman–Crippen LogP) is 1.86. The van der Waals surface area contributed by atoms with Crippen LogP contribution in [-0.2, 0) is 16.0 Å². The first-order valence-corrected chi connectivity index (χ1v) is 11.2. The number of nitrogens with one attached hydrogen (secondary N) is 2. The number of piperazine rings is 1. The normalized spacial score (nSPS) is 16.7. The van der Waals surface area contributed by atoms with Crippen LogP contribution in [0.1, 0.15) is 27.0 Å². The van der Waals surface area contributed by atoms with Gasteiger partial charge in [0.25, 0.3) is 11.8 Å². The van der Waals surface area contributed by atoms with E-state index < -0.39 is 17.6 Å². The van der Waals surface area contributed by atoms with Crippen LogP contribution in [0, 0.1) is 17.1 Å². The molecule has 9 nitrogen and oxygen atoms in total. The third kappa shape index (κ3) is 4.83. The number of benzene rings is 2. The van der Waals surface area contributed by atoms with Gasteiger partial charge in [0.1, 0.15) is 11.9 Å². The van der Waals surface area contributed by atoms with Gasteiger partial charge in [0.05, 0.1) is 17.7 Å². The third-order valence-corrected chi connectivity index (χ3v) is 6.26. The summed E-state index contributed by atoms with van der Waals surface area (Å²) in [6.07, 6.45) is -0.153. The molecule has 174 valence electrons. The van der Waals surface area contributed by atoms with E-state index in [9.17, 15) is 18.8 Å². The summed E-state index contributed by atoms with van der Waals surface area (Å²) in [4.78, 5) is 41.7. The number of hydrogen-bond donors (Lipinski definition) is 2. The molecular weight excluding hydrogens is 507 g/mol. The van der Waals surface area contributed by atoms with E-state index in [1.165, 1.54) is 12.1 Å². The molecule has 3 amide bonds. The SMILES string of the molecule is CN1CCN(C(=O)c2cc(Br)c3c(c2)NC(=O)/C3=N\NC(=O)Cc2ccc(F)c(C#N)c2)CC1. The van der Waals surface area contributed by atoms with Gasteiger partial charge in [-0.2, -0.15) is 10.4 Å². The summed E-state index contributed by atoms with van der Waals surface area (Å²) in [5.41, 5.74) is 3.88. The zero-order valence-corrected chi connectivity index (χ0v) is 19.8. The number of nitrogens with zero attached hydrogens (tertiary/aromatic N) is 4. The molecule has 0 aliphatic carbocycles. The number of nitriles is 1. The Morgan fingerprint density at radius 1 is 1.24 bits per heavy atom. The number of fused-ring (bicyclic) bond motifs is 1. The molecule has 0 saturated carbocycles. The molecule has 0 spiro atoms. The first kappa shape index (κ1) is 23.5. The van der Waals surface area contributed by atoms with E-state index in [0.717, 1.165) is 19.2 Å². The minimum absolute atomic E-state index is 0.00867. The Balaban J connectivity index is 1.50. The number of hydrogen-bond acceptors (Lipinski definition) is 6. The first-order valence-electron chi connectivity index (χ1n) is 10.4. The van der Waals surface area contributed by atoms with Gasteiger partial charge in [0.15, 0.2) is 5.71 Å².